The highest BCUT2D eigenvalue weighted by atomic mass is 127. The fourth-order valence-electron chi connectivity index (χ4n) is 3.59. The van der Waals surface area contributed by atoms with Gasteiger partial charge in [0, 0.05) is 39.3 Å². The van der Waals surface area contributed by atoms with Gasteiger partial charge in [-0.1, -0.05) is 24.3 Å². The number of benzene rings is 2. The Morgan fingerprint density at radius 2 is 1.81 bits per heavy atom. The summed E-state index contributed by atoms with van der Waals surface area (Å²) in [7, 11) is 1.77. The number of fused-ring (bicyclic) bond motifs is 1. The molecule has 2 aliphatic rings. The Bertz CT molecular complexity index is 890. The fourth-order valence-corrected chi connectivity index (χ4v) is 3.59. The monoisotopic (exact) mass is 554 g/mol. The summed E-state index contributed by atoms with van der Waals surface area (Å²) in [5.41, 5.74) is 2.60. The molecule has 2 aliphatic heterocycles. The highest BCUT2D eigenvalue weighted by Crippen LogP contribution is 2.34. The Morgan fingerprint density at radius 3 is 2.62 bits per heavy atom. The van der Waals surface area contributed by atoms with Crippen molar-refractivity contribution in [2.75, 3.05) is 53.3 Å². The first-order chi connectivity index (χ1) is 15.3. The van der Waals surface area contributed by atoms with Crippen LogP contribution in [-0.2, 0) is 17.8 Å². The van der Waals surface area contributed by atoms with Crippen LogP contribution in [0.4, 0.5) is 0 Å². The Labute approximate surface area is 206 Å². The highest BCUT2D eigenvalue weighted by molar-refractivity contribution is 14.0. The highest BCUT2D eigenvalue weighted by Gasteiger charge is 2.14. The molecule has 2 N–H and O–H groups in total. The number of ether oxygens (including phenoxy) is 4. The van der Waals surface area contributed by atoms with Crippen LogP contribution in [0.3, 0.4) is 0 Å². The maximum absolute atomic E-state index is 5.80. The molecule has 0 bridgehead atoms. The minimum atomic E-state index is 0. The van der Waals surface area contributed by atoms with E-state index in [0.29, 0.717) is 19.7 Å². The summed E-state index contributed by atoms with van der Waals surface area (Å²) in [4.78, 5) is 6.75. The number of morpholine rings is 1. The van der Waals surface area contributed by atoms with Crippen LogP contribution in [0.1, 0.15) is 11.1 Å². The van der Waals surface area contributed by atoms with Crippen LogP contribution in [0.5, 0.6) is 17.2 Å². The lowest BCUT2D eigenvalue weighted by molar-refractivity contribution is 0.0341. The number of nitrogens with one attached hydrogen (secondary N) is 2. The molecule has 0 spiro atoms. The third kappa shape index (κ3) is 6.88. The summed E-state index contributed by atoms with van der Waals surface area (Å²) < 4.78 is 21.9. The Morgan fingerprint density at radius 1 is 1.03 bits per heavy atom. The minimum absolute atomic E-state index is 0. The first-order valence-electron chi connectivity index (χ1n) is 10.7. The van der Waals surface area contributed by atoms with Crippen molar-refractivity contribution in [3.8, 4) is 17.2 Å². The molecule has 1 fully saturated rings. The van der Waals surface area contributed by atoms with Gasteiger partial charge < -0.3 is 29.6 Å². The summed E-state index contributed by atoms with van der Waals surface area (Å²) in [5, 5.41) is 6.69. The molecule has 0 radical (unpaired) electrons. The van der Waals surface area contributed by atoms with Crippen LogP contribution in [0.15, 0.2) is 47.5 Å². The lowest BCUT2D eigenvalue weighted by Crippen LogP contribution is -2.39. The second-order valence-corrected chi connectivity index (χ2v) is 7.37. The molecule has 0 aromatic heterocycles. The van der Waals surface area contributed by atoms with E-state index >= 15 is 0 Å². The van der Waals surface area contributed by atoms with Crippen LogP contribution >= 0.6 is 24.0 Å². The smallest absolute Gasteiger partial charge is 0.231 e. The molecule has 8 nitrogen and oxygen atoms in total. The van der Waals surface area contributed by atoms with Gasteiger partial charge in [0.25, 0.3) is 0 Å². The van der Waals surface area contributed by atoms with Crippen molar-refractivity contribution < 1.29 is 18.9 Å². The molecular weight excluding hydrogens is 523 g/mol. The first-order valence-corrected chi connectivity index (χ1v) is 10.7. The molecule has 0 aliphatic carbocycles. The van der Waals surface area contributed by atoms with Gasteiger partial charge in [-0.2, -0.15) is 0 Å². The number of rotatable bonds is 8. The molecule has 0 unspecified atom stereocenters. The third-order valence-electron chi connectivity index (χ3n) is 5.29. The van der Waals surface area contributed by atoms with Gasteiger partial charge in [0.2, 0.25) is 6.79 Å². The van der Waals surface area contributed by atoms with Gasteiger partial charge >= 0.3 is 0 Å². The van der Waals surface area contributed by atoms with E-state index in [1.54, 1.807) is 7.05 Å². The van der Waals surface area contributed by atoms with Crippen molar-refractivity contribution in [3.63, 3.8) is 0 Å². The maximum Gasteiger partial charge on any atom is 0.231 e. The van der Waals surface area contributed by atoms with Gasteiger partial charge in [0.05, 0.1) is 19.8 Å². The van der Waals surface area contributed by atoms with Crippen molar-refractivity contribution in [2.24, 2.45) is 4.99 Å². The largest absolute Gasteiger partial charge is 0.492 e. The van der Waals surface area contributed by atoms with Crippen molar-refractivity contribution in [1.29, 1.82) is 0 Å². The van der Waals surface area contributed by atoms with Crippen LogP contribution in [0.2, 0.25) is 0 Å². The molecular formula is C23H31IN4O4. The van der Waals surface area contributed by atoms with Gasteiger partial charge in [-0.3, -0.25) is 9.89 Å². The van der Waals surface area contributed by atoms with Crippen molar-refractivity contribution in [1.82, 2.24) is 15.5 Å². The zero-order valence-electron chi connectivity index (χ0n) is 18.3. The Balaban J connectivity index is 0.00000289. The van der Waals surface area contributed by atoms with Crippen molar-refractivity contribution >= 4 is 29.9 Å². The SMILES string of the molecule is CN=C(NCCOc1ccc2c(c1)OCO2)NCc1ccccc1CN1CCOCC1.I. The van der Waals surface area contributed by atoms with Crippen LogP contribution < -0.4 is 24.8 Å². The lowest BCUT2D eigenvalue weighted by atomic mass is 10.1. The average molecular weight is 554 g/mol. The van der Waals surface area contributed by atoms with Crippen LogP contribution in [-0.4, -0.2) is 64.2 Å². The molecule has 174 valence electrons. The van der Waals surface area contributed by atoms with E-state index in [1.165, 1.54) is 11.1 Å². The number of nitrogens with zero attached hydrogens (tertiary/aromatic N) is 2. The molecule has 0 amide bonds. The fraction of sp³-hybridized carbons (Fsp3) is 0.435. The zero-order chi connectivity index (χ0) is 21.3. The molecule has 9 heteroatoms. The van der Waals surface area contributed by atoms with Crippen LogP contribution in [0.25, 0.3) is 0 Å². The van der Waals surface area contributed by atoms with E-state index in [9.17, 15) is 0 Å². The van der Waals surface area contributed by atoms with Gasteiger partial charge in [0.1, 0.15) is 12.4 Å². The zero-order valence-corrected chi connectivity index (χ0v) is 20.7. The topological polar surface area (TPSA) is 76.6 Å². The van der Waals surface area contributed by atoms with Gasteiger partial charge in [0.15, 0.2) is 17.5 Å². The quantitative estimate of drug-likeness (QED) is 0.225. The van der Waals surface area contributed by atoms with Crippen molar-refractivity contribution in [3.05, 3.63) is 53.6 Å². The normalized spacial score (nSPS) is 15.7. The minimum Gasteiger partial charge on any atom is -0.492 e. The molecule has 2 aromatic rings. The first kappa shape index (κ1) is 24.4. The predicted octanol–water partition coefficient (Wildman–Crippen LogP) is 2.61. The standard InChI is InChI=1S/C23H30N4O4.HI/c1-24-23(25-8-11-29-20-6-7-21-22(14-20)31-17-30-21)26-15-18-4-2-3-5-19(18)16-27-9-12-28-13-10-27;/h2-7,14H,8-13,15-17H2,1H3,(H2,24,25,26);1H. The predicted molar refractivity (Wildman–Crippen MR) is 134 cm³/mol. The maximum atomic E-state index is 5.80. The van der Waals surface area contributed by atoms with E-state index < -0.39 is 0 Å². The Kier molecular flexibility index (Phi) is 9.69. The lowest BCUT2D eigenvalue weighted by Gasteiger charge is -2.27. The number of halogens is 1. The third-order valence-corrected chi connectivity index (χ3v) is 5.29. The summed E-state index contributed by atoms with van der Waals surface area (Å²) >= 11 is 0. The molecule has 0 saturated carbocycles. The van der Waals surface area contributed by atoms with Gasteiger partial charge in [-0.05, 0) is 23.3 Å². The van der Waals surface area contributed by atoms with E-state index in [1.807, 2.05) is 18.2 Å². The summed E-state index contributed by atoms with van der Waals surface area (Å²) in [6.07, 6.45) is 0. The molecule has 1 saturated heterocycles. The molecule has 0 atom stereocenters. The number of hydrogen-bond acceptors (Lipinski definition) is 6. The molecule has 4 rings (SSSR count). The van der Waals surface area contributed by atoms with Gasteiger partial charge in [-0.15, -0.1) is 24.0 Å². The number of aliphatic imine (C=N–C) groups is 1. The molecule has 2 heterocycles. The van der Waals surface area contributed by atoms with E-state index in [4.69, 9.17) is 18.9 Å². The van der Waals surface area contributed by atoms with Gasteiger partial charge in [-0.25, -0.2) is 0 Å². The number of hydrogen-bond donors (Lipinski definition) is 2. The summed E-state index contributed by atoms with van der Waals surface area (Å²) in [6, 6.07) is 14.1. The molecule has 32 heavy (non-hydrogen) atoms. The second kappa shape index (κ2) is 12.7. The average Bonchev–Trinajstić information content (AvgIpc) is 3.28. The van der Waals surface area contributed by atoms with Crippen molar-refractivity contribution in [2.45, 2.75) is 13.1 Å². The van der Waals surface area contributed by atoms with Crippen LogP contribution in [0, 0.1) is 0 Å². The van der Waals surface area contributed by atoms with E-state index in [0.717, 1.165) is 56.1 Å². The Hall–Kier alpha value is -2.24. The van der Waals surface area contributed by atoms with E-state index in [2.05, 4.69) is 44.8 Å². The molecule has 2 aromatic carbocycles. The van der Waals surface area contributed by atoms with E-state index in [-0.39, 0.29) is 30.8 Å². The summed E-state index contributed by atoms with van der Waals surface area (Å²) in [6.45, 7) is 6.63. The second-order valence-electron chi connectivity index (χ2n) is 7.37. The number of guanidine groups is 1. The summed E-state index contributed by atoms with van der Waals surface area (Å²) in [5.74, 6) is 2.98.